The van der Waals surface area contributed by atoms with E-state index in [0.29, 0.717) is 27.8 Å². The summed E-state index contributed by atoms with van der Waals surface area (Å²) < 4.78 is 4.68. The van der Waals surface area contributed by atoms with Gasteiger partial charge in [0.15, 0.2) is 0 Å². The van der Waals surface area contributed by atoms with E-state index in [-0.39, 0.29) is 18.9 Å². The summed E-state index contributed by atoms with van der Waals surface area (Å²) in [4.78, 5) is 38.5. The van der Waals surface area contributed by atoms with E-state index in [4.69, 9.17) is 11.6 Å². The summed E-state index contributed by atoms with van der Waals surface area (Å²) in [6.45, 7) is 1.65. The molecular weight excluding hydrogens is 394 g/mol. The number of anilines is 3. The fraction of sp³-hybridized carbons (Fsp3) is 0.190. The van der Waals surface area contributed by atoms with Crippen molar-refractivity contribution in [3.8, 4) is 0 Å². The Morgan fingerprint density at radius 1 is 1.21 bits per heavy atom. The molecule has 0 aliphatic carbocycles. The second-order valence-electron chi connectivity index (χ2n) is 6.50. The molecule has 0 bridgehead atoms. The molecule has 0 saturated heterocycles. The molecule has 150 valence electrons. The molecule has 2 aromatic rings. The highest BCUT2D eigenvalue weighted by Gasteiger charge is 2.25. The van der Waals surface area contributed by atoms with Gasteiger partial charge in [0.1, 0.15) is 6.54 Å². The molecule has 0 spiro atoms. The summed E-state index contributed by atoms with van der Waals surface area (Å²) in [6, 6.07) is 12.3. The van der Waals surface area contributed by atoms with Crippen LogP contribution in [-0.4, -0.2) is 31.4 Å². The number of carbonyl (C=O) groups is 3. The van der Waals surface area contributed by atoms with Crippen LogP contribution in [0.15, 0.2) is 54.2 Å². The maximum atomic E-state index is 12.8. The molecule has 3 rings (SSSR count). The minimum atomic E-state index is -0.475. The predicted octanol–water partition coefficient (Wildman–Crippen LogP) is 3.49. The van der Waals surface area contributed by atoms with Crippen LogP contribution in [0, 0.1) is 6.92 Å². The molecule has 0 radical (unpaired) electrons. The van der Waals surface area contributed by atoms with E-state index < -0.39 is 11.9 Å². The first-order valence-corrected chi connectivity index (χ1v) is 9.26. The van der Waals surface area contributed by atoms with Gasteiger partial charge in [0, 0.05) is 22.5 Å². The van der Waals surface area contributed by atoms with Gasteiger partial charge in [0.2, 0.25) is 5.91 Å². The van der Waals surface area contributed by atoms with Crippen LogP contribution in [0.3, 0.4) is 0 Å². The topological polar surface area (TPSA) is 87.7 Å². The van der Waals surface area contributed by atoms with Gasteiger partial charge in [-0.05, 0) is 36.8 Å². The summed E-state index contributed by atoms with van der Waals surface area (Å²) in [5, 5.41) is 6.36. The SMILES string of the molecule is COC(=O)CC1=CC(=O)N(CC(=O)Nc2cc(Cl)ccc2C)c2ccccc2N1. The van der Waals surface area contributed by atoms with Crippen LogP contribution in [-0.2, 0) is 19.1 Å². The zero-order valence-electron chi connectivity index (χ0n) is 16.0. The maximum absolute atomic E-state index is 12.8. The lowest BCUT2D eigenvalue weighted by molar-refractivity contribution is -0.139. The highest BCUT2D eigenvalue weighted by atomic mass is 35.5. The number of esters is 1. The van der Waals surface area contributed by atoms with Crippen molar-refractivity contribution in [3.05, 3.63) is 64.8 Å². The molecule has 0 atom stereocenters. The molecular formula is C21H20ClN3O4. The quantitative estimate of drug-likeness (QED) is 0.732. The third-order valence-electron chi connectivity index (χ3n) is 4.39. The number of carbonyl (C=O) groups excluding carboxylic acids is 3. The zero-order chi connectivity index (χ0) is 21.0. The first-order valence-electron chi connectivity index (χ1n) is 8.88. The van der Waals surface area contributed by atoms with Crippen molar-refractivity contribution < 1.29 is 19.1 Å². The van der Waals surface area contributed by atoms with Crippen molar-refractivity contribution >= 4 is 46.4 Å². The van der Waals surface area contributed by atoms with E-state index >= 15 is 0 Å². The Hall–Kier alpha value is -3.32. The molecule has 2 aromatic carbocycles. The lowest BCUT2D eigenvalue weighted by Crippen LogP contribution is -2.37. The molecule has 1 aliphatic heterocycles. The molecule has 29 heavy (non-hydrogen) atoms. The van der Waals surface area contributed by atoms with Gasteiger partial charge in [-0.25, -0.2) is 0 Å². The number of hydrogen-bond acceptors (Lipinski definition) is 5. The summed E-state index contributed by atoms with van der Waals surface area (Å²) in [7, 11) is 1.28. The number of methoxy groups -OCH3 is 1. The number of para-hydroxylation sites is 2. The Morgan fingerprint density at radius 2 is 1.97 bits per heavy atom. The van der Waals surface area contributed by atoms with Crippen molar-refractivity contribution in [1.82, 2.24) is 0 Å². The van der Waals surface area contributed by atoms with E-state index in [2.05, 4.69) is 15.4 Å². The van der Waals surface area contributed by atoms with Crippen LogP contribution >= 0.6 is 11.6 Å². The second kappa shape index (κ2) is 8.79. The molecule has 1 aliphatic rings. The van der Waals surface area contributed by atoms with Gasteiger partial charge in [-0.15, -0.1) is 0 Å². The Kier molecular flexibility index (Phi) is 6.19. The zero-order valence-corrected chi connectivity index (χ0v) is 16.7. The highest BCUT2D eigenvalue weighted by molar-refractivity contribution is 6.31. The van der Waals surface area contributed by atoms with Gasteiger partial charge >= 0.3 is 5.97 Å². The van der Waals surface area contributed by atoms with Crippen molar-refractivity contribution in [2.45, 2.75) is 13.3 Å². The standard InChI is InChI=1S/C21H20ClN3O4/c1-13-7-8-14(22)9-17(13)24-19(26)12-25-18-6-4-3-5-16(18)23-15(10-20(25)27)11-21(28)29-2/h3-10,23H,11-12H2,1-2H3,(H,24,26). The Labute approximate surface area is 173 Å². The monoisotopic (exact) mass is 413 g/mol. The molecule has 0 aromatic heterocycles. The average molecular weight is 414 g/mol. The lowest BCUT2D eigenvalue weighted by atomic mass is 10.2. The van der Waals surface area contributed by atoms with Gasteiger partial charge in [-0.1, -0.05) is 29.8 Å². The van der Waals surface area contributed by atoms with Gasteiger partial charge in [0.05, 0.1) is 24.9 Å². The number of benzene rings is 2. The molecule has 2 N–H and O–H groups in total. The minimum absolute atomic E-state index is 0.0850. The van der Waals surface area contributed by atoms with E-state index in [9.17, 15) is 14.4 Å². The molecule has 7 nitrogen and oxygen atoms in total. The summed E-state index contributed by atoms with van der Waals surface area (Å²) in [6.07, 6.45) is 1.22. The van der Waals surface area contributed by atoms with Gasteiger partial charge in [-0.2, -0.15) is 0 Å². The van der Waals surface area contributed by atoms with Crippen molar-refractivity contribution in [2.75, 3.05) is 29.2 Å². The molecule has 1 heterocycles. The van der Waals surface area contributed by atoms with Crippen LogP contribution in [0.4, 0.5) is 17.1 Å². The number of halogens is 1. The summed E-state index contributed by atoms with van der Waals surface area (Å²) >= 11 is 6.00. The smallest absolute Gasteiger partial charge is 0.311 e. The molecule has 8 heteroatoms. The number of rotatable bonds is 5. The van der Waals surface area contributed by atoms with Gasteiger partial charge in [0.25, 0.3) is 5.91 Å². The van der Waals surface area contributed by atoms with E-state index in [1.54, 1.807) is 42.5 Å². The summed E-state index contributed by atoms with van der Waals surface area (Å²) in [5.41, 5.74) is 2.97. The fourth-order valence-corrected chi connectivity index (χ4v) is 3.09. The van der Waals surface area contributed by atoms with Crippen LogP contribution in [0.2, 0.25) is 5.02 Å². The maximum Gasteiger partial charge on any atom is 0.311 e. The van der Waals surface area contributed by atoms with Crippen LogP contribution in [0.1, 0.15) is 12.0 Å². The number of fused-ring (bicyclic) bond motifs is 1. The molecule has 0 fully saturated rings. The van der Waals surface area contributed by atoms with Crippen LogP contribution in [0.25, 0.3) is 0 Å². The normalized spacial score (nSPS) is 13.0. The Bertz CT molecular complexity index is 1000. The van der Waals surface area contributed by atoms with Crippen molar-refractivity contribution in [3.63, 3.8) is 0 Å². The molecule has 0 saturated carbocycles. The minimum Gasteiger partial charge on any atom is -0.469 e. The summed E-state index contributed by atoms with van der Waals surface area (Å²) in [5.74, 6) is -1.26. The van der Waals surface area contributed by atoms with E-state index in [1.165, 1.54) is 18.1 Å². The third kappa shape index (κ3) is 4.94. The second-order valence-corrected chi connectivity index (χ2v) is 6.93. The van der Waals surface area contributed by atoms with Crippen molar-refractivity contribution in [1.29, 1.82) is 0 Å². The Morgan fingerprint density at radius 3 is 2.72 bits per heavy atom. The van der Waals surface area contributed by atoms with Crippen LogP contribution in [0.5, 0.6) is 0 Å². The molecule has 0 unspecified atom stereocenters. The number of ether oxygens (including phenoxy) is 1. The Balaban J connectivity index is 1.85. The van der Waals surface area contributed by atoms with Gasteiger partial charge in [-0.3, -0.25) is 19.3 Å². The number of hydrogen-bond donors (Lipinski definition) is 2. The number of amides is 2. The van der Waals surface area contributed by atoms with Crippen molar-refractivity contribution in [2.24, 2.45) is 0 Å². The van der Waals surface area contributed by atoms with Gasteiger partial charge < -0.3 is 15.4 Å². The largest absolute Gasteiger partial charge is 0.469 e. The first-order chi connectivity index (χ1) is 13.9. The third-order valence-corrected chi connectivity index (χ3v) is 4.63. The lowest BCUT2D eigenvalue weighted by Gasteiger charge is -2.22. The van der Waals surface area contributed by atoms with E-state index in [0.717, 1.165) is 5.56 Å². The van der Waals surface area contributed by atoms with Crippen LogP contribution < -0.4 is 15.5 Å². The number of nitrogens with one attached hydrogen (secondary N) is 2. The fourth-order valence-electron chi connectivity index (χ4n) is 2.92. The van der Waals surface area contributed by atoms with E-state index in [1.807, 2.05) is 6.92 Å². The predicted molar refractivity (Wildman–Crippen MR) is 112 cm³/mol. The molecule has 2 amide bonds. The first kappa shape index (κ1) is 20.4. The number of nitrogens with zero attached hydrogens (tertiary/aromatic N) is 1. The number of aryl methyl sites for hydroxylation is 1. The highest BCUT2D eigenvalue weighted by Crippen LogP contribution is 2.30. The average Bonchev–Trinajstić information content (AvgIpc) is 2.81.